The molecular formula is C16H29N5O4S. The number of likely N-dealkylation sites (tertiary alicyclic amines) is 1. The molecule has 0 radical (unpaired) electrons. The van der Waals surface area contributed by atoms with Gasteiger partial charge >= 0.3 is 0 Å². The van der Waals surface area contributed by atoms with Crippen molar-refractivity contribution < 1.29 is 19.2 Å². The molecule has 5 N–H and O–H groups in total. The minimum absolute atomic E-state index is 0.0119. The Morgan fingerprint density at radius 2 is 1.85 bits per heavy atom. The van der Waals surface area contributed by atoms with E-state index in [1.807, 2.05) is 11.9 Å². The molecule has 0 bridgehead atoms. The molecule has 0 aromatic heterocycles. The molecule has 4 atom stereocenters. The number of hydrogen-bond donors (Lipinski definition) is 5. The van der Waals surface area contributed by atoms with Crippen molar-refractivity contribution in [1.82, 2.24) is 20.9 Å². The summed E-state index contributed by atoms with van der Waals surface area (Å²) < 4.78 is 0. The van der Waals surface area contributed by atoms with Crippen LogP contribution in [0.1, 0.15) is 33.1 Å². The van der Waals surface area contributed by atoms with Gasteiger partial charge in [-0.1, -0.05) is 0 Å². The molecule has 4 amide bonds. The van der Waals surface area contributed by atoms with Crippen LogP contribution in [-0.2, 0) is 19.2 Å². The van der Waals surface area contributed by atoms with Gasteiger partial charge in [-0.2, -0.15) is 12.6 Å². The van der Waals surface area contributed by atoms with E-state index in [-0.39, 0.29) is 24.1 Å². The molecule has 0 aromatic carbocycles. The topological polar surface area (TPSA) is 134 Å². The Bertz CT molecular complexity index is 545. The summed E-state index contributed by atoms with van der Waals surface area (Å²) in [7, 11) is 1.88. The average molecular weight is 388 g/mol. The number of primary amides is 1. The summed E-state index contributed by atoms with van der Waals surface area (Å²) in [6.07, 6.45) is 1.70. The Morgan fingerprint density at radius 3 is 2.35 bits per heavy atom. The Labute approximate surface area is 159 Å². The number of carbonyl (C=O) groups excluding carboxylic acids is 4. The lowest BCUT2D eigenvalue weighted by molar-refractivity contribution is -0.131. The van der Waals surface area contributed by atoms with Gasteiger partial charge in [0.25, 0.3) is 0 Å². The summed E-state index contributed by atoms with van der Waals surface area (Å²) in [6.45, 7) is 4.00. The van der Waals surface area contributed by atoms with E-state index in [2.05, 4.69) is 28.6 Å². The molecule has 1 saturated heterocycles. The number of nitrogens with one attached hydrogen (secondary N) is 3. The van der Waals surface area contributed by atoms with Crippen LogP contribution < -0.4 is 21.7 Å². The molecule has 4 unspecified atom stereocenters. The van der Waals surface area contributed by atoms with Gasteiger partial charge in [0, 0.05) is 18.2 Å². The van der Waals surface area contributed by atoms with Crippen molar-refractivity contribution >= 4 is 36.3 Å². The van der Waals surface area contributed by atoms with Crippen molar-refractivity contribution in [2.75, 3.05) is 19.3 Å². The highest BCUT2D eigenvalue weighted by Gasteiger charge is 2.30. The molecule has 1 aliphatic heterocycles. The molecule has 9 nitrogen and oxygen atoms in total. The number of carbonyl (C=O) groups is 4. The predicted octanol–water partition coefficient (Wildman–Crippen LogP) is -1.62. The number of nitrogens with two attached hydrogens (primary N) is 1. The summed E-state index contributed by atoms with van der Waals surface area (Å²) in [5, 5.41) is 7.84. The summed E-state index contributed by atoms with van der Waals surface area (Å²) in [6, 6.07) is -2.27. The van der Waals surface area contributed by atoms with E-state index in [1.54, 1.807) is 6.92 Å². The van der Waals surface area contributed by atoms with Crippen LogP contribution in [0.5, 0.6) is 0 Å². The highest BCUT2D eigenvalue weighted by Crippen LogP contribution is 2.14. The van der Waals surface area contributed by atoms with E-state index in [4.69, 9.17) is 5.73 Å². The van der Waals surface area contributed by atoms with Gasteiger partial charge in [0.15, 0.2) is 0 Å². The van der Waals surface area contributed by atoms with E-state index < -0.39 is 35.8 Å². The number of nitrogens with zero attached hydrogens (tertiary/aromatic N) is 1. The molecule has 26 heavy (non-hydrogen) atoms. The smallest absolute Gasteiger partial charge is 0.243 e. The van der Waals surface area contributed by atoms with Gasteiger partial charge in [-0.25, -0.2) is 0 Å². The van der Waals surface area contributed by atoms with Crippen LogP contribution in [0, 0.1) is 0 Å². The summed E-state index contributed by atoms with van der Waals surface area (Å²) in [5.41, 5.74) is 5.09. The Hall–Kier alpha value is -1.81. The van der Waals surface area contributed by atoms with Crippen LogP contribution in [0.3, 0.4) is 0 Å². The van der Waals surface area contributed by atoms with Gasteiger partial charge in [-0.3, -0.25) is 24.1 Å². The molecule has 1 aliphatic rings. The first-order valence-electron chi connectivity index (χ1n) is 8.66. The number of thiol groups is 1. The molecule has 1 rings (SSSR count). The maximum absolute atomic E-state index is 12.3. The number of amides is 4. The maximum atomic E-state index is 12.3. The van der Waals surface area contributed by atoms with E-state index >= 15 is 0 Å². The lowest BCUT2D eigenvalue weighted by Crippen LogP contribution is -2.54. The summed E-state index contributed by atoms with van der Waals surface area (Å²) in [5.74, 6) is -1.49. The number of hydrogen-bond acceptors (Lipinski definition) is 6. The van der Waals surface area contributed by atoms with Crippen molar-refractivity contribution in [2.45, 2.75) is 57.3 Å². The van der Waals surface area contributed by atoms with Crippen molar-refractivity contribution in [3.05, 3.63) is 0 Å². The zero-order valence-electron chi connectivity index (χ0n) is 15.4. The monoisotopic (exact) mass is 387 g/mol. The molecule has 0 spiro atoms. The van der Waals surface area contributed by atoms with Crippen LogP contribution in [-0.4, -0.2) is 72.0 Å². The van der Waals surface area contributed by atoms with Crippen LogP contribution in [0.15, 0.2) is 0 Å². The number of rotatable bonds is 9. The molecular weight excluding hydrogens is 358 g/mol. The lowest BCUT2D eigenvalue weighted by Gasteiger charge is -2.24. The highest BCUT2D eigenvalue weighted by molar-refractivity contribution is 7.80. The van der Waals surface area contributed by atoms with E-state index in [0.29, 0.717) is 0 Å². The fourth-order valence-corrected chi connectivity index (χ4v) is 3.00. The highest BCUT2D eigenvalue weighted by atomic mass is 32.1. The van der Waals surface area contributed by atoms with Gasteiger partial charge in [0.05, 0.1) is 6.04 Å². The van der Waals surface area contributed by atoms with Gasteiger partial charge in [-0.15, -0.1) is 0 Å². The fraction of sp³-hybridized carbons (Fsp3) is 0.750. The summed E-state index contributed by atoms with van der Waals surface area (Å²) >= 11 is 4.13. The second-order valence-electron chi connectivity index (χ2n) is 6.69. The Kier molecular flexibility index (Phi) is 8.86. The summed E-state index contributed by atoms with van der Waals surface area (Å²) in [4.78, 5) is 49.4. The SMILES string of the molecule is CC(CC(=O)NC(C)C(N)=O)NC(=O)C(CS)NC(=O)C1CCCN1C. The van der Waals surface area contributed by atoms with Crippen LogP contribution in [0.25, 0.3) is 0 Å². The molecule has 1 heterocycles. The standard InChI is InChI=1S/C16H29N5O4S/c1-9(7-13(22)19-10(2)14(17)23)18-15(24)11(8-26)20-16(25)12-5-4-6-21(12)3/h9-12,26H,4-8H2,1-3H3,(H2,17,23)(H,18,24)(H,19,22)(H,20,25). The third-order valence-electron chi connectivity index (χ3n) is 4.32. The third-order valence-corrected chi connectivity index (χ3v) is 4.69. The first-order valence-corrected chi connectivity index (χ1v) is 9.29. The van der Waals surface area contributed by atoms with Crippen LogP contribution in [0.2, 0.25) is 0 Å². The van der Waals surface area contributed by atoms with E-state index in [0.717, 1.165) is 19.4 Å². The molecule has 148 valence electrons. The van der Waals surface area contributed by atoms with E-state index in [1.165, 1.54) is 6.92 Å². The Balaban J connectivity index is 2.48. The van der Waals surface area contributed by atoms with Gasteiger partial charge < -0.3 is 21.7 Å². The molecule has 0 saturated carbocycles. The minimum Gasteiger partial charge on any atom is -0.368 e. The first kappa shape index (κ1) is 22.2. The number of likely N-dealkylation sites (N-methyl/N-ethyl adjacent to an activating group) is 1. The Morgan fingerprint density at radius 1 is 1.19 bits per heavy atom. The van der Waals surface area contributed by atoms with Crippen LogP contribution in [0.4, 0.5) is 0 Å². The van der Waals surface area contributed by atoms with Gasteiger partial charge in [-0.05, 0) is 40.3 Å². The van der Waals surface area contributed by atoms with Crippen molar-refractivity contribution in [1.29, 1.82) is 0 Å². The predicted molar refractivity (Wildman–Crippen MR) is 100 cm³/mol. The normalized spacial score (nSPS) is 20.7. The molecule has 1 fully saturated rings. The largest absolute Gasteiger partial charge is 0.368 e. The van der Waals surface area contributed by atoms with Crippen molar-refractivity contribution in [3.8, 4) is 0 Å². The minimum atomic E-state index is -0.783. The quantitative estimate of drug-likeness (QED) is 0.303. The van der Waals surface area contributed by atoms with Crippen LogP contribution >= 0.6 is 12.6 Å². The van der Waals surface area contributed by atoms with Crippen molar-refractivity contribution in [3.63, 3.8) is 0 Å². The molecule has 0 aliphatic carbocycles. The second kappa shape index (κ2) is 10.4. The molecule has 0 aromatic rings. The average Bonchev–Trinajstić information content (AvgIpc) is 2.97. The molecule has 10 heteroatoms. The second-order valence-corrected chi connectivity index (χ2v) is 7.05. The third kappa shape index (κ3) is 6.83. The first-order chi connectivity index (χ1) is 12.1. The maximum Gasteiger partial charge on any atom is 0.243 e. The lowest BCUT2D eigenvalue weighted by atomic mass is 10.1. The fourth-order valence-electron chi connectivity index (χ4n) is 2.75. The van der Waals surface area contributed by atoms with Gasteiger partial charge in [0.2, 0.25) is 23.6 Å². The zero-order chi connectivity index (χ0) is 19.9. The zero-order valence-corrected chi connectivity index (χ0v) is 16.3. The van der Waals surface area contributed by atoms with Gasteiger partial charge in [0.1, 0.15) is 12.1 Å². The van der Waals surface area contributed by atoms with E-state index in [9.17, 15) is 19.2 Å². The van der Waals surface area contributed by atoms with Crippen molar-refractivity contribution in [2.24, 2.45) is 5.73 Å².